The molecule has 84 valence electrons. The van der Waals surface area contributed by atoms with E-state index < -0.39 is 0 Å². The van der Waals surface area contributed by atoms with Gasteiger partial charge in [-0.1, -0.05) is 13.8 Å². The maximum Gasteiger partial charge on any atom is 0.318 e. The molecule has 0 atom stereocenters. The molecule has 0 N–H and O–H groups in total. The first kappa shape index (κ1) is 11.8. The van der Waals surface area contributed by atoms with Crippen molar-refractivity contribution in [3.63, 3.8) is 0 Å². The molecule has 15 heavy (non-hydrogen) atoms. The van der Waals surface area contributed by atoms with Crippen LogP contribution in [0, 0.1) is 0 Å². The van der Waals surface area contributed by atoms with Crippen LogP contribution in [-0.4, -0.2) is 30.7 Å². The summed E-state index contributed by atoms with van der Waals surface area (Å²) in [6, 6.07) is 2.46. The molecule has 0 aliphatic heterocycles. The van der Waals surface area contributed by atoms with E-state index in [0.717, 1.165) is 11.5 Å². The number of hydrogen-bond donors (Lipinski definition) is 0. The van der Waals surface area contributed by atoms with E-state index in [9.17, 15) is 0 Å². The lowest BCUT2D eigenvalue weighted by Crippen LogP contribution is -2.13. The van der Waals surface area contributed by atoms with Crippen LogP contribution in [0.1, 0.15) is 32.4 Å². The molecule has 0 radical (unpaired) electrons. The molecule has 0 spiro atoms. The first-order valence-corrected chi connectivity index (χ1v) is 5.23. The van der Waals surface area contributed by atoms with Crippen molar-refractivity contribution in [1.82, 2.24) is 9.97 Å². The van der Waals surface area contributed by atoms with Gasteiger partial charge >= 0.3 is 6.01 Å². The maximum absolute atomic E-state index is 5.34. The van der Waals surface area contributed by atoms with Crippen LogP contribution >= 0.6 is 0 Å². The van der Waals surface area contributed by atoms with Gasteiger partial charge in [-0.2, -0.15) is 9.97 Å². The highest BCUT2D eigenvalue weighted by Crippen LogP contribution is 2.19. The molecule has 0 fully saturated rings. The quantitative estimate of drug-likeness (QED) is 0.761. The molecule has 0 aliphatic rings. The van der Waals surface area contributed by atoms with Crippen LogP contribution in [0.25, 0.3) is 0 Å². The van der Waals surface area contributed by atoms with E-state index in [1.54, 1.807) is 0 Å². The van der Waals surface area contributed by atoms with E-state index in [2.05, 4.69) is 23.8 Å². The highest BCUT2D eigenvalue weighted by molar-refractivity contribution is 5.39. The smallest absolute Gasteiger partial charge is 0.318 e. The lowest BCUT2D eigenvalue weighted by Gasteiger charge is -2.15. The average Bonchev–Trinajstić information content (AvgIpc) is 2.17. The zero-order valence-electron chi connectivity index (χ0n) is 10.1. The van der Waals surface area contributed by atoms with E-state index in [0.29, 0.717) is 18.5 Å². The summed E-state index contributed by atoms with van der Waals surface area (Å²) >= 11 is 0. The third-order valence-electron chi connectivity index (χ3n) is 2.04. The normalized spacial score (nSPS) is 10.5. The van der Waals surface area contributed by atoms with E-state index in [1.807, 2.05) is 32.0 Å². The summed E-state index contributed by atoms with van der Waals surface area (Å²) in [7, 11) is 3.92. The highest BCUT2D eigenvalue weighted by Gasteiger charge is 2.09. The van der Waals surface area contributed by atoms with Gasteiger partial charge in [0.05, 0.1) is 12.3 Å². The minimum atomic E-state index is 0.380. The standard InChI is InChI=1S/C11H19N3O/c1-6-15-11-12-9(8(2)3)7-10(13-11)14(4)5/h7-8H,6H2,1-5H3. The molecule has 1 rings (SSSR count). The molecule has 0 aliphatic carbocycles. The van der Waals surface area contributed by atoms with Crippen LogP contribution in [0.5, 0.6) is 6.01 Å². The maximum atomic E-state index is 5.34. The van der Waals surface area contributed by atoms with Gasteiger partial charge in [0.1, 0.15) is 5.82 Å². The summed E-state index contributed by atoms with van der Waals surface area (Å²) in [5, 5.41) is 0. The van der Waals surface area contributed by atoms with Crippen molar-refractivity contribution in [3.8, 4) is 6.01 Å². The molecule has 0 saturated carbocycles. The predicted molar refractivity (Wildman–Crippen MR) is 61.6 cm³/mol. The van der Waals surface area contributed by atoms with Gasteiger partial charge in [-0.25, -0.2) is 0 Å². The third-order valence-corrected chi connectivity index (χ3v) is 2.04. The lowest BCUT2D eigenvalue weighted by molar-refractivity contribution is 0.311. The van der Waals surface area contributed by atoms with Gasteiger partial charge in [-0.05, 0) is 12.8 Å². The Bertz CT molecular complexity index is 297. The van der Waals surface area contributed by atoms with E-state index in [-0.39, 0.29) is 0 Å². The second-order valence-corrected chi connectivity index (χ2v) is 3.92. The van der Waals surface area contributed by atoms with Gasteiger partial charge < -0.3 is 9.64 Å². The van der Waals surface area contributed by atoms with Crippen molar-refractivity contribution in [2.75, 3.05) is 25.6 Å². The second-order valence-electron chi connectivity index (χ2n) is 3.92. The number of nitrogens with zero attached hydrogens (tertiary/aromatic N) is 3. The summed E-state index contributed by atoms with van der Waals surface area (Å²) in [6.45, 7) is 6.74. The minimum absolute atomic E-state index is 0.380. The zero-order chi connectivity index (χ0) is 11.4. The molecular weight excluding hydrogens is 190 g/mol. The van der Waals surface area contributed by atoms with Crippen LogP contribution in [0.3, 0.4) is 0 Å². The van der Waals surface area contributed by atoms with E-state index in [4.69, 9.17) is 4.74 Å². The Morgan fingerprint density at radius 1 is 1.33 bits per heavy atom. The Morgan fingerprint density at radius 3 is 2.47 bits per heavy atom. The molecular formula is C11H19N3O. The molecule has 0 saturated heterocycles. The first-order valence-electron chi connectivity index (χ1n) is 5.23. The molecule has 1 aromatic rings. The highest BCUT2D eigenvalue weighted by atomic mass is 16.5. The third kappa shape index (κ3) is 3.08. The zero-order valence-corrected chi connectivity index (χ0v) is 10.1. The van der Waals surface area contributed by atoms with Crippen molar-refractivity contribution >= 4 is 5.82 Å². The van der Waals surface area contributed by atoms with Gasteiger partial charge in [0, 0.05) is 20.2 Å². The Morgan fingerprint density at radius 2 is 2.00 bits per heavy atom. The summed E-state index contributed by atoms with van der Waals surface area (Å²) in [4.78, 5) is 10.6. The number of aromatic nitrogens is 2. The summed E-state index contributed by atoms with van der Waals surface area (Å²) in [5.74, 6) is 1.27. The largest absolute Gasteiger partial charge is 0.464 e. The van der Waals surface area contributed by atoms with E-state index in [1.165, 1.54) is 0 Å². The molecule has 4 heteroatoms. The van der Waals surface area contributed by atoms with Gasteiger partial charge in [0.15, 0.2) is 0 Å². The van der Waals surface area contributed by atoms with Crippen molar-refractivity contribution < 1.29 is 4.74 Å². The predicted octanol–water partition coefficient (Wildman–Crippen LogP) is 2.06. The fourth-order valence-corrected chi connectivity index (χ4v) is 1.15. The number of hydrogen-bond acceptors (Lipinski definition) is 4. The fraction of sp³-hybridized carbons (Fsp3) is 0.636. The topological polar surface area (TPSA) is 38.2 Å². The van der Waals surface area contributed by atoms with Gasteiger partial charge in [0.2, 0.25) is 0 Å². The molecule has 1 aromatic heterocycles. The van der Waals surface area contributed by atoms with Crippen LogP contribution in [0.4, 0.5) is 5.82 Å². The molecule has 4 nitrogen and oxygen atoms in total. The van der Waals surface area contributed by atoms with Gasteiger partial charge in [0.25, 0.3) is 0 Å². The Labute approximate surface area is 91.3 Å². The Kier molecular flexibility index (Phi) is 3.88. The monoisotopic (exact) mass is 209 g/mol. The summed E-state index contributed by atoms with van der Waals surface area (Å²) in [6.07, 6.45) is 0. The van der Waals surface area contributed by atoms with Crippen molar-refractivity contribution in [2.24, 2.45) is 0 Å². The summed E-state index contributed by atoms with van der Waals surface area (Å²) in [5.41, 5.74) is 1.01. The van der Waals surface area contributed by atoms with Crippen LogP contribution in [0.2, 0.25) is 0 Å². The number of anilines is 1. The second kappa shape index (κ2) is 4.96. The molecule has 0 aromatic carbocycles. The van der Waals surface area contributed by atoms with Crippen molar-refractivity contribution in [2.45, 2.75) is 26.7 Å². The molecule has 1 heterocycles. The van der Waals surface area contributed by atoms with Gasteiger partial charge in [-0.15, -0.1) is 0 Å². The van der Waals surface area contributed by atoms with E-state index >= 15 is 0 Å². The fourth-order valence-electron chi connectivity index (χ4n) is 1.15. The van der Waals surface area contributed by atoms with Gasteiger partial charge in [-0.3, -0.25) is 0 Å². The SMILES string of the molecule is CCOc1nc(C(C)C)cc(N(C)C)n1. The Hall–Kier alpha value is -1.32. The molecule has 0 amide bonds. The summed E-state index contributed by atoms with van der Waals surface area (Å²) < 4.78 is 5.34. The molecule has 0 bridgehead atoms. The minimum Gasteiger partial charge on any atom is -0.464 e. The van der Waals surface area contributed by atoms with Crippen LogP contribution in [0.15, 0.2) is 6.07 Å². The number of ether oxygens (including phenoxy) is 1. The van der Waals surface area contributed by atoms with Crippen LogP contribution < -0.4 is 9.64 Å². The van der Waals surface area contributed by atoms with Crippen molar-refractivity contribution in [1.29, 1.82) is 0 Å². The Balaban J connectivity index is 3.08. The number of rotatable bonds is 4. The average molecular weight is 209 g/mol. The lowest BCUT2D eigenvalue weighted by atomic mass is 10.1. The first-order chi connectivity index (χ1) is 7.04. The molecule has 0 unspecified atom stereocenters. The van der Waals surface area contributed by atoms with Crippen molar-refractivity contribution in [3.05, 3.63) is 11.8 Å². The van der Waals surface area contributed by atoms with Crippen LogP contribution in [-0.2, 0) is 0 Å².